The summed E-state index contributed by atoms with van der Waals surface area (Å²) in [6.45, 7) is 4.24. The molecular formula is C36H29N. The number of para-hydroxylation sites is 1. The molecule has 0 aliphatic rings. The molecule has 0 aliphatic carbocycles. The lowest BCUT2D eigenvalue weighted by Crippen LogP contribution is -1.93. The largest absolute Gasteiger partial charge is 0.309 e. The summed E-state index contributed by atoms with van der Waals surface area (Å²) in [5.41, 5.74) is 11.0. The molecule has 0 radical (unpaired) electrons. The molecular weight excluding hydrogens is 446 g/mol. The number of fused-ring (bicyclic) bond motifs is 3. The molecule has 1 aromatic heterocycles. The second kappa shape index (κ2) is 9.79. The fourth-order valence-corrected chi connectivity index (χ4v) is 4.86. The quantitative estimate of drug-likeness (QED) is 0.219. The lowest BCUT2D eigenvalue weighted by molar-refractivity contribution is 1.18. The molecule has 1 heterocycles. The molecule has 6 aromatic rings. The fraction of sp³-hybridized carbons (Fsp3) is 0.0556. The van der Waals surface area contributed by atoms with Crippen molar-refractivity contribution in [2.24, 2.45) is 0 Å². The van der Waals surface area contributed by atoms with Crippen LogP contribution in [0.25, 0.3) is 51.8 Å². The van der Waals surface area contributed by atoms with E-state index in [1.807, 2.05) is 0 Å². The first-order chi connectivity index (χ1) is 18.1. The zero-order chi connectivity index (χ0) is 25.2. The van der Waals surface area contributed by atoms with Crippen molar-refractivity contribution in [3.63, 3.8) is 0 Å². The van der Waals surface area contributed by atoms with Gasteiger partial charge in [0, 0.05) is 16.5 Å². The molecule has 0 bridgehead atoms. The molecule has 1 heteroatoms. The van der Waals surface area contributed by atoms with Gasteiger partial charge in [0.1, 0.15) is 0 Å². The van der Waals surface area contributed by atoms with Crippen molar-refractivity contribution in [1.82, 2.24) is 4.57 Å². The lowest BCUT2D eigenvalue weighted by atomic mass is 10.0. The molecule has 37 heavy (non-hydrogen) atoms. The van der Waals surface area contributed by atoms with Crippen LogP contribution in [0.5, 0.6) is 0 Å². The van der Waals surface area contributed by atoms with Crippen LogP contribution in [0, 0.1) is 13.8 Å². The molecule has 0 unspecified atom stereocenters. The Balaban J connectivity index is 1.47. The van der Waals surface area contributed by atoms with Crippen LogP contribution in [0.4, 0.5) is 0 Å². The summed E-state index contributed by atoms with van der Waals surface area (Å²) in [7, 11) is 0. The van der Waals surface area contributed by atoms with E-state index in [0.29, 0.717) is 0 Å². The highest BCUT2D eigenvalue weighted by Gasteiger charge is 2.12. The van der Waals surface area contributed by atoms with E-state index in [9.17, 15) is 0 Å². The van der Waals surface area contributed by atoms with E-state index in [2.05, 4.69) is 158 Å². The number of rotatable bonds is 5. The molecule has 0 atom stereocenters. The molecule has 0 saturated carbocycles. The Morgan fingerprint density at radius 3 is 1.30 bits per heavy atom. The normalized spacial score (nSPS) is 11.8. The minimum absolute atomic E-state index is 1.17. The fourth-order valence-electron chi connectivity index (χ4n) is 4.86. The van der Waals surface area contributed by atoms with E-state index in [0.717, 1.165) is 0 Å². The van der Waals surface area contributed by atoms with Crippen LogP contribution in [0.15, 0.2) is 115 Å². The predicted molar refractivity (Wildman–Crippen MR) is 161 cm³/mol. The van der Waals surface area contributed by atoms with Crippen molar-refractivity contribution in [3.8, 4) is 5.69 Å². The smallest absolute Gasteiger partial charge is 0.0541 e. The first kappa shape index (κ1) is 22.8. The highest BCUT2D eigenvalue weighted by molar-refractivity contribution is 6.10. The Hall–Kier alpha value is -4.62. The van der Waals surface area contributed by atoms with E-state index < -0.39 is 0 Å². The summed E-state index contributed by atoms with van der Waals surface area (Å²) in [5, 5.41) is 2.52. The van der Waals surface area contributed by atoms with Gasteiger partial charge < -0.3 is 4.57 Å². The van der Waals surface area contributed by atoms with Crippen LogP contribution in [-0.2, 0) is 0 Å². The Morgan fingerprint density at radius 2 is 0.838 bits per heavy atom. The van der Waals surface area contributed by atoms with Crippen molar-refractivity contribution < 1.29 is 0 Å². The second-order valence-corrected chi connectivity index (χ2v) is 9.71. The van der Waals surface area contributed by atoms with Gasteiger partial charge in [0.25, 0.3) is 0 Å². The predicted octanol–water partition coefficient (Wildman–Crippen LogP) is 9.74. The van der Waals surface area contributed by atoms with Gasteiger partial charge in [-0.3, -0.25) is 0 Å². The van der Waals surface area contributed by atoms with Gasteiger partial charge in [-0.25, -0.2) is 0 Å². The van der Waals surface area contributed by atoms with Gasteiger partial charge in [0.05, 0.1) is 11.0 Å². The van der Waals surface area contributed by atoms with E-state index in [1.165, 1.54) is 60.9 Å². The van der Waals surface area contributed by atoms with Gasteiger partial charge in [-0.05, 0) is 72.5 Å². The number of hydrogen-bond acceptors (Lipinski definition) is 0. The molecule has 178 valence electrons. The zero-order valence-corrected chi connectivity index (χ0v) is 21.2. The minimum Gasteiger partial charge on any atom is -0.309 e. The Bertz CT molecular complexity index is 1630. The summed E-state index contributed by atoms with van der Waals surface area (Å²) < 4.78 is 2.37. The van der Waals surface area contributed by atoms with Gasteiger partial charge in [-0.2, -0.15) is 0 Å². The molecule has 0 aliphatic heterocycles. The van der Waals surface area contributed by atoms with Crippen molar-refractivity contribution in [2.45, 2.75) is 13.8 Å². The topological polar surface area (TPSA) is 4.93 Å². The average Bonchev–Trinajstić information content (AvgIpc) is 3.26. The molecule has 0 saturated heterocycles. The Morgan fingerprint density at radius 1 is 0.432 bits per heavy atom. The maximum Gasteiger partial charge on any atom is 0.0541 e. The van der Waals surface area contributed by atoms with E-state index >= 15 is 0 Å². The molecule has 0 amide bonds. The number of hydrogen-bond donors (Lipinski definition) is 0. The summed E-state index contributed by atoms with van der Waals surface area (Å²) in [6, 6.07) is 41.5. The average molecular weight is 476 g/mol. The van der Waals surface area contributed by atoms with Crippen LogP contribution in [0.3, 0.4) is 0 Å². The summed E-state index contributed by atoms with van der Waals surface area (Å²) in [6.07, 6.45) is 8.79. The third-order valence-electron chi connectivity index (χ3n) is 6.92. The molecule has 0 spiro atoms. The van der Waals surface area contributed by atoms with E-state index in [4.69, 9.17) is 0 Å². The molecule has 6 rings (SSSR count). The highest BCUT2D eigenvalue weighted by Crippen LogP contribution is 2.34. The first-order valence-corrected chi connectivity index (χ1v) is 12.8. The number of nitrogens with zero attached hydrogens (tertiary/aromatic N) is 1. The number of aryl methyl sites for hydroxylation is 2. The molecule has 0 N–H and O–H groups in total. The van der Waals surface area contributed by atoms with E-state index in [-0.39, 0.29) is 0 Å². The first-order valence-electron chi connectivity index (χ1n) is 12.8. The SMILES string of the molecule is Cc1ccc(C=Cc2ccc3c(c2)c2cc(C=Cc4ccc(C)cc4)ccc2n3-c2ccccc2)cc1. The molecule has 1 nitrogen and oxygen atoms in total. The standard InChI is InChI=1S/C36H29N/c1-26-8-12-28(13-9-26)16-18-30-20-22-35-33(24-30)34-25-31(19-17-29-14-10-27(2)11-15-29)21-23-36(34)37(35)32-6-4-3-5-7-32/h3-25H,1-2H3. The summed E-state index contributed by atoms with van der Waals surface area (Å²) in [5.74, 6) is 0. The summed E-state index contributed by atoms with van der Waals surface area (Å²) in [4.78, 5) is 0. The van der Waals surface area contributed by atoms with Crippen LogP contribution >= 0.6 is 0 Å². The number of benzene rings is 5. The zero-order valence-electron chi connectivity index (χ0n) is 21.2. The Labute approximate surface area is 218 Å². The molecule has 0 fully saturated rings. The third kappa shape index (κ3) is 4.77. The monoisotopic (exact) mass is 475 g/mol. The van der Waals surface area contributed by atoms with Crippen molar-refractivity contribution in [3.05, 3.63) is 149 Å². The van der Waals surface area contributed by atoms with Crippen molar-refractivity contribution >= 4 is 46.1 Å². The lowest BCUT2D eigenvalue weighted by Gasteiger charge is -2.07. The second-order valence-electron chi connectivity index (χ2n) is 9.71. The maximum absolute atomic E-state index is 2.37. The van der Waals surface area contributed by atoms with Gasteiger partial charge in [0.15, 0.2) is 0 Å². The maximum atomic E-state index is 2.37. The van der Waals surface area contributed by atoms with Gasteiger partial charge >= 0.3 is 0 Å². The molecule has 5 aromatic carbocycles. The summed E-state index contributed by atoms with van der Waals surface area (Å²) >= 11 is 0. The van der Waals surface area contributed by atoms with Gasteiger partial charge in [-0.1, -0.05) is 114 Å². The van der Waals surface area contributed by atoms with Crippen LogP contribution in [0.1, 0.15) is 33.4 Å². The van der Waals surface area contributed by atoms with E-state index in [1.54, 1.807) is 0 Å². The number of aromatic nitrogens is 1. The van der Waals surface area contributed by atoms with Gasteiger partial charge in [0.2, 0.25) is 0 Å². The van der Waals surface area contributed by atoms with Crippen molar-refractivity contribution in [2.75, 3.05) is 0 Å². The Kier molecular flexibility index (Phi) is 6.04. The minimum atomic E-state index is 1.17. The van der Waals surface area contributed by atoms with Crippen molar-refractivity contribution in [1.29, 1.82) is 0 Å². The van der Waals surface area contributed by atoms with Crippen LogP contribution in [0.2, 0.25) is 0 Å². The van der Waals surface area contributed by atoms with Crippen LogP contribution < -0.4 is 0 Å². The van der Waals surface area contributed by atoms with Gasteiger partial charge in [-0.15, -0.1) is 0 Å². The third-order valence-corrected chi connectivity index (χ3v) is 6.92. The van der Waals surface area contributed by atoms with Crippen LogP contribution in [-0.4, -0.2) is 4.57 Å². The highest BCUT2D eigenvalue weighted by atomic mass is 15.0.